The molecule has 0 fully saturated rings. The molecule has 0 saturated carbocycles. The van der Waals surface area contributed by atoms with Gasteiger partial charge in [-0.15, -0.1) is 11.3 Å². The molecule has 2 heterocycles. The van der Waals surface area contributed by atoms with Gasteiger partial charge in [-0.2, -0.15) is 0 Å². The Kier molecular flexibility index (Phi) is 2.68. The summed E-state index contributed by atoms with van der Waals surface area (Å²) in [5, 5.41) is 1.05. The molecule has 0 aliphatic heterocycles. The predicted octanol–water partition coefficient (Wildman–Crippen LogP) is 4.43. The van der Waals surface area contributed by atoms with E-state index in [1.807, 2.05) is 24.4 Å². The molecule has 0 aliphatic carbocycles. The highest BCUT2D eigenvalue weighted by Gasteiger charge is 2.09. The Morgan fingerprint density at radius 3 is 2.94 bits per heavy atom. The van der Waals surface area contributed by atoms with Gasteiger partial charge in [0.25, 0.3) is 0 Å². The van der Waals surface area contributed by atoms with Crippen LogP contribution < -0.4 is 0 Å². The van der Waals surface area contributed by atoms with Crippen molar-refractivity contribution >= 4 is 37.5 Å². The number of thiazole rings is 1. The Labute approximate surface area is 111 Å². The summed E-state index contributed by atoms with van der Waals surface area (Å²) in [5.74, 6) is 0. The van der Waals surface area contributed by atoms with Crippen molar-refractivity contribution in [3.05, 3.63) is 46.7 Å². The summed E-state index contributed by atoms with van der Waals surface area (Å²) in [6, 6.07) is 8.19. The smallest absolute Gasteiger partial charge is 0.124 e. The molecule has 2 aromatic heterocycles. The van der Waals surface area contributed by atoms with Gasteiger partial charge >= 0.3 is 0 Å². The summed E-state index contributed by atoms with van der Waals surface area (Å²) < 4.78 is 2.29. The highest BCUT2D eigenvalue weighted by atomic mass is 79.9. The molecule has 0 amide bonds. The Bertz CT molecular complexity index is 658. The molecule has 0 N–H and O–H groups in total. The van der Waals surface area contributed by atoms with E-state index in [2.05, 4.69) is 38.9 Å². The Morgan fingerprint density at radius 1 is 1.24 bits per heavy atom. The molecule has 0 spiro atoms. The van der Waals surface area contributed by atoms with Crippen molar-refractivity contribution < 1.29 is 0 Å². The second kappa shape index (κ2) is 4.20. The van der Waals surface area contributed by atoms with E-state index in [9.17, 15) is 0 Å². The van der Waals surface area contributed by atoms with Crippen molar-refractivity contribution in [1.29, 1.82) is 0 Å². The van der Waals surface area contributed by atoms with Gasteiger partial charge in [-0.05, 0) is 24.6 Å². The molecule has 0 unspecified atom stereocenters. The highest BCUT2D eigenvalue weighted by molar-refractivity contribution is 9.10. The maximum absolute atomic E-state index is 4.62. The van der Waals surface area contributed by atoms with Crippen LogP contribution in [0.15, 0.2) is 41.1 Å². The van der Waals surface area contributed by atoms with E-state index in [4.69, 9.17) is 0 Å². The fourth-order valence-corrected chi connectivity index (χ4v) is 3.12. The molecule has 4 heteroatoms. The van der Waals surface area contributed by atoms with Crippen LogP contribution in [0.4, 0.5) is 0 Å². The predicted molar refractivity (Wildman–Crippen MR) is 75.3 cm³/mol. The molecule has 0 radical (unpaired) electrons. The fourth-order valence-electron chi connectivity index (χ4n) is 1.73. The monoisotopic (exact) mass is 304 g/mol. The van der Waals surface area contributed by atoms with E-state index in [0.717, 1.165) is 15.0 Å². The fraction of sp³-hybridized carbons (Fsp3) is 0.0769. The second-order valence-corrected chi connectivity index (χ2v) is 5.66. The van der Waals surface area contributed by atoms with E-state index in [1.165, 1.54) is 15.8 Å². The van der Waals surface area contributed by atoms with Gasteiger partial charge in [0.2, 0.25) is 0 Å². The highest BCUT2D eigenvalue weighted by Crippen LogP contribution is 2.33. The van der Waals surface area contributed by atoms with Crippen molar-refractivity contribution in [2.45, 2.75) is 6.92 Å². The van der Waals surface area contributed by atoms with Crippen LogP contribution in [0.25, 0.3) is 20.8 Å². The third kappa shape index (κ3) is 1.87. The zero-order chi connectivity index (χ0) is 11.8. The van der Waals surface area contributed by atoms with Crippen molar-refractivity contribution in [3.63, 3.8) is 0 Å². The van der Waals surface area contributed by atoms with Crippen LogP contribution in [0, 0.1) is 6.92 Å². The number of benzene rings is 1. The van der Waals surface area contributed by atoms with Crippen molar-refractivity contribution in [2.24, 2.45) is 0 Å². The van der Waals surface area contributed by atoms with Crippen molar-refractivity contribution in [3.8, 4) is 10.6 Å². The third-order valence-corrected chi connectivity index (χ3v) is 4.62. The van der Waals surface area contributed by atoms with Crippen LogP contribution in [0.1, 0.15) is 5.56 Å². The average Bonchev–Trinajstić information content (AvgIpc) is 2.76. The molecule has 1 aromatic carbocycles. The lowest BCUT2D eigenvalue weighted by Gasteiger charge is -2.03. The maximum Gasteiger partial charge on any atom is 0.124 e. The SMILES string of the molecule is Cc1c(Br)cccc1-c1nc2cnccc2s1. The number of nitrogens with zero attached hydrogens (tertiary/aromatic N) is 2. The minimum absolute atomic E-state index is 0.965. The molecule has 3 rings (SSSR count). The van der Waals surface area contributed by atoms with Gasteiger partial charge in [0.15, 0.2) is 0 Å². The topological polar surface area (TPSA) is 25.8 Å². The summed E-state index contributed by atoms with van der Waals surface area (Å²) in [6.07, 6.45) is 3.61. The molecular weight excluding hydrogens is 296 g/mol. The van der Waals surface area contributed by atoms with Gasteiger partial charge in [0.05, 0.1) is 10.9 Å². The van der Waals surface area contributed by atoms with Gasteiger partial charge in [0, 0.05) is 16.2 Å². The summed E-state index contributed by atoms with van der Waals surface area (Å²) in [7, 11) is 0. The Morgan fingerprint density at radius 2 is 2.12 bits per heavy atom. The van der Waals surface area contributed by atoms with Gasteiger partial charge in [-0.1, -0.05) is 28.1 Å². The quantitative estimate of drug-likeness (QED) is 0.664. The van der Waals surface area contributed by atoms with Crippen LogP contribution in [0.5, 0.6) is 0 Å². The number of pyridine rings is 1. The maximum atomic E-state index is 4.62. The first-order valence-electron chi connectivity index (χ1n) is 5.22. The van der Waals surface area contributed by atoms with Crippen LogP contribution in [-0.4, -0.2) is 9.97 Å². The van der Waals surface area contributed by atoms with Crippen LogP contribution in [-0.2, 0) is 0 Å². The first kappa shape index (κ1) is 10.9. The molecule has 0 bridgehead atoms. The molecule has 0 aliphatic rings. The van der Waals surface area contributed by atoms with E-state index in [-0.39, 0.29) is 0 Å². The normalized spacial score (nSPS) is 10.9. The number of hydrogen-bond donors (Lipinski definition) is 0. The zero-order valence-electron chi connectivity index (χ0n) is 9.14. The average molecular weight is 305 g/mol. The largest absolute Gasteiger partial charge is 0.262 e. The first-order chi connectivity index (χ1) is 8.25. The van der Waals surface area contributed by atoms with E-state index >= 15 is 0 Å². The number of fused-ring (bicyclic) bond motifs is 1. The first-order valence-corrected chi connectivity index (χ1v) is 6.83. The Hall–Kier alpha value is -1.26. The Balaban J connectivity index is 2.24. The molecule has 3 aromatic rings. The van der Waals surface area contributed by atoms with Crippen molar-refractivity contribution in [2.75, 3.05) is 0 Å². The molecule has 17 heavy (non-hydrogen) atoms. The van der Waals surface area contributed by atoms with E-state index in [1.54, 1.807) is 17.5 Å². The minimum Gasteiger partial charge on any atom is -0.262 e. The van der Waals surface area contributed by atoms with Crippen LogP contribution in [0.3, 0.4) is 0 Å². The minimum atomic E-state index is 0.965. The lowest BCUT2D eigenvalue weighted by atomic mass is 10.1. The van der Waals surface area contributed by atoms with Crippen molar-refractivity contribution in [1.82, 2.24) is 9.97 Å². The van der Waals surface area contributed by atoms with E-state index in [0.29, 0.717) is 0 Å². The number of rotatable bonds is 1. The van der Waals surface area contributed by atoms with E-state index < -0.39 is 0 Å². The molecular formula is C13H9BrN2S. The molecule has 84 valence electrons. The van der Waals surface area contributed by atoms with Crippen LogP contribution in [0.2, 0.25) is 0 Å². The number of halogens is 1. The van der Waals surface area contributed by atoms with Gasteiger partial charge in [0.1, 0.15) is 10.5 Å². The van der Waals surface area contributed by atoms with Crippen LogP contribution >= 0.6 is 27.3 Å². The second-order valence-electron chi connectivity index (χ2n) is 3.77. The molecule has 2 nitrogen and oxygen atoms in total. The summed E-state index contributed by atoms with van der Waals surface area (Å²) in [5.41, 5.74) is 3.37. The summed E-state index contributed by atoms with van der Waals surface area (Å²) in [4.78, 5) is 8.71. The third-order valence-electron chi connectivity index (χ3n) is 2.69. The number of hydrogen-bond acceptors (Lipinski definition) is 3. The lowest BCUT2D eigenvalue weighted by molar-refractivity contribution is 1.33. The zero-order valence-corrected chi connectivity index (χ0v) is 11.5. The van der Waals surface area contributed by atoms with Gasteiger partial charge in [-0.25, -0.2) is 4.98 Å². The summed E-state index contributed by atoms with van der Waals surface area (Å²) >= 11 is 5.25. The molecule has 0 atom stereocenters. The number of aromatic nitrogens is 2. The van der Waals surface area contributed by atoms with Gasteiger partial charge < -0.3 is 0 Å². The van der Waals surface area contributed by atoms with Gasteiger partial charge in [-0.3, -0.25) is 4.98 Å². The lowest BCUT2D eigenvalue weighted by Crippen LogP contribution is -1.83. The molecule has 0 saturated heterocycles. The summed E-state index contributed by atoms with van der Waals surface area (Å²) in [6.45, 7) is 2.10. The standard InChI is InChI=1S/C13H9BrN2S/c1-8-9(3-2-4-10(8)14)13-16-11-7-15-6-5-12(11)17-13/h2-7H,1H3.